The molecule has 0 aliphatic heterocycles. The molecule has 0 amide bonds. The summed E-state index contributed by atoms with van der Waals surface area (Å²) in [5, 5.41) is 17.9. The second-order valence-electron chi connectivity index (χ2n) is 7.86. The molecule has 0 bridgehead atoms. The van der Waals surface area contributed by atoms with Crippen LogP contribution >= 0.6 is 0 Å². The summed E-state index contributed by atoms with van der Waals surface area (Å²) in [5.41, 5.74) is 4.50. The van der Waals surface area contributed by atoms with Gasteiger partial charge >= 0.3 is 0 Å². The van der Waals surface area contributed by atoms with Gasteiger partial charge in [-0.25, -0.2) is 0 Å². The number of anilines is 1. The molecule has 2 aromatic rings. The third-order valence-electron chi connectivity index (χ3n) is 5.88. The number of hydrogen-bond acceptors (Lipinski definition) is 4. The quantitative estimate of drug-likeness (QED) is 0.403. The number of nitrogens with zero attached hydrogens (tertiary/aromatic N) is 3. The maximum absolute atomic E-state index is 8.96. The molecule has 0 aromatic heterocycles. The third kappa shape index (κ3) is 5.43. The Labute approximate surface area is 180 Å². The van der Waals surface area contributed by atoms with Gasteiger partial charge in [-0.3, -0.25) is 0 Å². The van der Waals surface area contributed by atoms with E-state index >= 15 is 0 Å². The molecule has 0 saturated heterocycles. The lowest BCUT2D eigenvalue weighted by atomic mass is 9.84. The van der Waals surface area contributed by atoms with Crippen molar-refractivity contribution in [1.82, 2.24) is 0 Å². The Morgan fingerprint density at radius 3 is 2.37 bits per heavy atom. The van der Waals surface area contributed by atoms with E-state index in [9.17, 15) is 0 Å². The Hall–Kier alpha value is -3.24. The van der Waals surface area contributed by atoms with Crippen molar-refractivity contribution in [2.24, 2.45) is 0 Å². The van der Waals surface area contributed by atoms with Crippen LogP contribution in [-0.2, 0) is 0 Å². The lowest BCUT2D eigenvalue weighted by Gasteiger charge is -2.25. The van der Waals surface area contributed by atoms with Crippen LogP contribution in [0.1, 0.15) is 61.6 Å². The Morgan fingerprint density at radius 1 is 1.07 bits per heavy atom. The lowest BCUT2D eigenvalue weighted by Crippen LogP contribution is -2.27. The maximum atomic E-state index is 8.96. The first kappa shape index (κ1) is 21.5. The number of allylic oxidation sites excluding steroid dienone is 1. The van der Waals surface area contributed by atoms with Gasteiger partial charge in [-0.15, -0.1) is 0 Å². The van der Waals surface area contributed by atoms with Gasteiger partial charge < -0.3 is 9.64 Å². The van der Waals surface area contributed by atoms with Crippen LogP contribution in [-0.4, -0.2) is 13.3 Å². The largest absolute Gasteiger partial charge is 0.473 e. The molecule has 4 heteroatoms. The summed E-state index contributed by atoms with van der Waals surface area (Å²) in [6, 6.07) is 18.4. The molecule has 154 valence electrons. The highest BCUT2D eigenvalue weighted by Gasteiger charge is 2.15. The highest BCUT2D eigenvalue weighted by molar-refractivity contribution is 5.66. The van der Waals surface area contributed by atoms with Gasteiger partial charge in [0.2, 0.25) is 0 Å². The van der Waals surface area contributed by atoms with E-state index in [1.807, 2.05) is 31.2 Å². The molecule has 1 aliphatic carbocycles. The smallest absolute Gasteiger partial charge is 0.161 e. The van der Waals surface area contributed by atoms with Gasteiger partial charge in [0, 0.05) is 12.2 Å². The summed E-state index contributed by atoms with van der Waals surface area (Å²) >= 11 is 0. The van der Waals surface area contributed by atoms with Gasteiger partial charge in [-0.1, -0.05) is 37.5 Å². The minimum atomic E-state index is 0.109. The van der Waals surface area contributed by atoms with E-state index in [-0.39, 0.29) is 5.57 Å². The average molecular weight is 400 g/mol. The van der Waals surface area contributed by atoms with Crippen LogP contribution in [0.4, 0.5) is 5.69 Å². The topological polar surface area (TPSA) is 60.0 Å². The molecule has 1 saturated carbocycles. The van der Waals surface area contributed by atoms with Crippen molar-refractivity contribution < 1.29 is 4.74 Å². The van der Waals surface area contributed by atoms with Gasteiger partial charge in [0.25, 0.3) is 0 Å². The zero-order chi connectivity index (χ0) is 21.3. The number of aryl methyl sites for hydroxylation is 1. The molecule has 0 radical (unpaired) electrons. The first-order valence-electron chi connectivity index (χ1n) is 10.7. The van der Waals surface area contributed by atoms with Crippen LogP contribution in [0, 0.1) is 29.6 Å². The fourth-order valence-electron chi connectivity index (χ4n) is 4.04. The molecule has 1 fully saturated rings. The predicted octanol–water partition coefficient (Wildman–Crippen LogP) is 6.34. The number of hydrogen-bond donors (Lipinski definition) is 0. The van der Waals surface area contributed by atoms with Crippen molar-refractivity contribution in [3.05, 3.63) is 64.7 Å². The van der Waals surface area contributed by atoms with Crippen molar-refractivity contribution in [2.75, 3.05) is 18.2 Å². The van der Waals surface area contributed by atoms with E-state index in [1.165, 1.54) is 37.7 Å². The number of rotatable bonds is 7. The van der Waals surface area contributed by atoms with E-state index in [0.717, 1.165) is 29.1 Å². The van der Waals surface area contributed by atoms with E-state index in [0.29, 0.717) is 12.6 Å². The van der Waals surface area contributed by atoms with Crippen LogP contribution in [0.2, 0.25) is 0 Å². The normalized spacial score (nSPS) is 13.7. The average Bonchev–Trinajstić information content (AvgIpc) is 2.80. The molecule has 0 heterocycles. The molecule has 4 nitrogen and oxygen atoms in total. The van der Waals surface area contributed by atoms with Crippen molar-refractivity contribution >= 4 is 11.8 Å². The van der Waals surface area contributed by atoms with Crippen molar-refractivity contribution in [1.29, 1.82) is 10.5 Å². The molecular formula is C26H29N3O. The first-order chi connectivity index (χ1) is 14.6. The molecule has 0 unspecified atom stereocenters. The monoisotopic (exact) mass is 399 g/mol. The number of nitriles is 2. The van der Waals surface area contributed by atoms with Gasteiger partial charge in [0.05, 0.1) is 0 Å². The van der Waals surface area contributed by atoms with Crippen molar-refractivity contribution in [3.63, 3.8) is 0 Å². The minimum Gasteiger partial charge on any atom is -0.473 e. The van der Waals surface area contributed by atoms with Gasteiger partial charge in [0.15, 0.2) is 6.73 Å². The van der Waals surface area contributed by atoms with Gasteiger partial charge in [-0.2, -0.15) is 10.5 Å². The molecule has 3 rings (SSSR count). The van der Waals surface area contributed by atoms with Gasteiger partial charge in [0.1, 0.15) is 23.5 Å². The predicted molar refractivity (Wildman–Crippen MR) is 121 cm³/mol. The Balaban J connectivity index is 1.64. The Kier molecular flexibility index (Phi) is 7.52. The Morgan fingerprint density at radius 2 is 1.77 bits per heavy atom. The standard InChI is InChI=1S/C26H29N3O/c1-3-29(25-12-9-24(20(2)15-25)16-21(17-27)18-28)19-30-26-13-10-23(11-14-26)22-7-5-4-6-8-22/h9-16,22H,3-8,19H2,1-2H3. The molecular weight excluding hydrogens is 370 g/mol. The van der Waals surface area contributed by atoms with E-state index in [2.05, 4.69) is 42.2 Å². The fourth-order valence-corrected chi connectivity index (χ4v) is 4.04. The van der Waals surface area contributed by atoms with Crippen molar-refractivity contribution in [3.8, 4) is 17.9 Å². The van der Waals surface area contributed by atoms with Crippen LogP contribution in [0.25, 0.3) is 6.08 Å². The van der Waals surface area contributed by atoms with E-state index in [1.54, 1.807) is 6.08 Å². The molecule has 0 N–H and O–H groups in total. The summed E-state index contributed by atoms with van der Waals surface area (Å²) in [6.07, 6.45) is 8.30. The molecule has 0 atom stereocenters. The molecule has 0 spiro atoms. The second kappa shape index (κ2) is 10.5. The van der Waals surface area contributed by atoms with Crippen LogP contribution in [0.3, 0.4) is 0 Å². The van der Waals surface area contributed by atoms with Crippen molar-refractivity contribution in [2.45, 2.75) is 51.9 Å². The first-order valence-corrected chi connectivity index (χ1v) is 10.7. The highest BCUT2D eigenvalue weighted by Crippen LogP contribution is 2.33. The third-order valence-corrected chi connectivity index (χ3v) is 5.88. The summed E-state index contributed by atoms with van der Waals surface area (Å²) in [4.78, 5) is 2.16. The van der Waals surface area contributed by atoms with Crippen LogP contribution in [0.15, 0.2) is 48.0 Å². The van der Waals surface area contributed by atoms with Crippen LogP contribution < -0.4 is 9.64 Å². The molecule has 1 aliphatic rings. The molecule has 2 aromatic carbocycles. The summed E-state index contributed by atoms with van der Waals surface area (Å²) in [5.74, 6) is 1.59. The lowest BCUT2D eigenvalue weighted by molar-refractivity contribution is 0.315. The van der Waals surface area contributed by atoms with E-state index < -0.39 is 0 Å². The molecule has 30 heavy (non-hydrogen) atoms. The highest BCUT2D eigenvalue weighted by atomic mass is 16.5. The zero-order valence-corrected chi connectivity index (χ0v) is 17.9. The zero-order valence-electron chi connectivity index (χ0n) is 17.9. The van der Waals surface area contributed by atoms with E-state index in [4.69, 9.17) is 15.3 Å². The summed E-state index contributed by atoms with van der Waals surface area (Å²) in [7, 11) is 0. The summed E-state index contributed by atoms with van der Waals surface area (Å²) < 4.78 is 6.05. The van der Waals surface area contributed by atoms with Gasteiger partial charge in [-0.05, 0) is 79.6 Å². The SMILES string of the molecule is CCN(COc1ccc(C2CCCCC2)cc1)c1ccc(C=C(C#N)C#N)c(C)c1. The number of benzene rings is 2. The second-order valence-corrected chi connectivity index (χ2v) is 7.86. The minimum absolute atomic E-state index is 0.109. The summed E-state index contributed by atoms with van der Waals surface area (Å²) in [6.45, 7) is 5.37. The fraction of sp³-hybridized carbons (Fsp3) is 0.385. The van der Waals surface area contributed by atoms with Crippen LogP contribution in [0.5, 0.6) is 5.75 Å². The Bertz CT molecular complexity index is 941. The maximum Gasteiger partial charge on any atom is 0.161 e. The number of ether oxygens (including phenoxy) is 1.